The maximum Gasteiger partial charge on any atom is 0.417 e. The number of nitrogens with one attached hydrogen (secondary N) is 3. The lowest BCUT2D eigenvalue weighted by Crippen LogP contribution is -2.36. The fourth-order valence-corrected chi connectivity index (χ4v) is 3.88. The van der Waals surface area contributed by atoms with E-state index >= 15 is 0 Å². The third kappa shape index (κ3) is 8.85. The minimum absolute atomic E-state index is 0.141. The second-order valence-electron chi connectivity index (χ2n) is 8.95. The summed E-state index contributed by atoms with van der Waals surface area (Å²) < 4.78 is 39.1. The first-order valence-electron chi connectivity index (χ1n) is 11.9. The van der Waals surface area contributed by atoms with E-state index in [1.807, 2.05) is 19.0 Å². The van der Waals surface area contributed by atoms with Crippen LogP contribution < -0.4 is 21.7 Å². The number of likely N-dealkylation sites (N-methyl/N-ethyl adjacent to an activating group) is 1. The highest BCUT2D eigenvalue weighted by Gasteiger charge is 2.33. The highest BCUT2D eigenvalue weighted by Crippen LogP contribution is 2.36. The fourth-order valence-electron chi connectivity index (χ4n) is 3.59. The average molecular weight is 560 g/mol. The fraction of sp³-hybridized carbons (Fsp3) is 0.214. The molecule has 1 unspecified atom stereocenters. The molecule has 3 aromatic rings. The summed E-state index contributed by atoms with van der Waals surface area (Å²) in [5.74, 6) is -0.817. The SMILES string of the molecule is CN(C)CCNC(C(=O)Nc1ccc(C(F)(F)F)c(Cl)c1)c1ccc(C=CC(=O)Nc2ccccc2N)cc1. The van der Waals surface area contributed by atoms with Crippen LogP contribution in [0.1, 0.15) is 22.7 Å². The molecule has 39 heavy (non-hydrogen) atoms. The summed E-state index contributed by atoms with van der Waals surface area (Å²) in [4.78, 5) is 27.4. The lowest BCUT2D eigenvalue weighted by Gasteiger charge is -2.21. The molecule has 0 fully saturated rings. The number of hydrogen-bond acceptors (Lipinski definition) is 5. The number of nitrogens with zero attached hydrogens (tertiary/aromatic N) is 1. The van der Waals surface area contributed by atoms with Crippen LogP contribution in [0.5, 0.6) is 0 Å². The Hall–Kier alpha value is -3.86. The van der Waals surface area contributed by atoms with Gasteiger partial charge in [0, 0.05) is 24.9 Å². The van der Waals surface area contributed by atoms with Crippen LogP contribution in [0.25, 0.3) is 6.08 Å². The van der Waals surface area contributed by atoms with E-state index in [-0.39, 0.29) is 11.6 Å². The number of anilines is 3. The van der Waals surface area contributed by atoms with Crippen molar-refractivity contribution in [1.29, 1.82) is 0 Å². The quantitative estimate of drug-likeness (QED) is 0.196. The second-order valence-corrected chi connectivity index (χ2v) is 9.36. The van der Waals surface area contributed by atoms with Crippen molar-refractivity contribution in [3.05, 3.63) is 94.5 Å². The lowest BCUT2D eigenvalue weighted by atomic mass is 10.0. The molecule has 11 heteroatoms. The predicted molar refractivity (Wildman–Crippen MR) is 149 cm³/mol. The summed E-state index contributed by atoms with van der Waals surface area (Å²) in [6.45, 7) is 1.13. The Kier molecular flexibility index (Phi) is 10.1. The molecule has 0 aliphatic rings. The number of carbonyl (C=O) groups excluding carboxylic acids is 2. The summed E-state index contributed by atoms with van der Waals surface area (Å²) >= 11 is 5.80. The first kappa shape index (κ1) is 29.7. The number of nitrogens with two attached hydrogens (primary N) is 1. The number of hydrogen-bond donors (Lipinski definition) is 4. The van der Waals surface area contributed by atoms with E-state index in [9.17, 15) is 22.8 Å². The Labute approximate surface area is 229 Å². The van der Waals surface area contributed by atoms with Gasteiger partial charge in [-0.2, -0.15) is 13.2 Å². The molecule has 0 aliphatic carbocycles. The zero-order valence-corrected chi connectivity index (χ0v) is 22.1. The number of carbonyl (C=O) groups is 2. The van der Waals surface area contributed by atoms with Crippen LogP contribution in [0.2, 0.25) is 5.02 Å². The van der Waals surface area contributed by atoms with Crippen molar-refractivity contribution >= 4 is 46.6 Å². The number of nitrogen functional groups attached to an aromatic ring is 1. The third-order valence-electron chi connectivity index (χ3n) is 5.63. The van der Waals surface area contributed by atoms with Crippen LogP contribution in [-0.2, 0) is 15.8 Å². The zero-order valence-electron chi connectivity index (χ0n) is 21.4. The van der Waals surface area contributed by atoms with Gasteiger partial charge in [-0.1, -0.05) is 48.0 Å². The van der Waals surface area contributed by atoms with Gasteiger partial charge in [0.2, 0.25) is 11.8 Å². The molecule has 3 rings (SSSR count). The minimum atomic E-state index is -4.60. The highest BCUT2D eigenvalue weighted by molar-refractivity contribution is 6.31. The maximum absolute atomic E-state index is 13.2. The van der Waals surface area contributed by atoms with E-state index in [2.05, 4.69) is 16.0 Å². The number of benzene rings is 3. The molecular weight excluding hydrogens is 531 g/mol. The predicted octanol–water partition coefficient (Wildman–Crippen LogP) is 5.42. The molecule has 3 aromatic carbocycles. The first-order valence-corrected chi connectivity index (χ1v) is 12.3. The van der Waals surface area contributed by atoms with Crippen LogP contribution in [-0.4, -0.2) is 43.9 Å². The molecule has 7 nitrogen and oxygen atoms in total. The van der Waals surface area contributed by atoms with Crippen LogP contribution in [0.15, 0.2) is 72.8 Å². The van der Waals surface area contributed by atoms with Crippen molar-refractivity contribution in [3.63, 3.8) is 0 Å². The summed E-state index contributed by atoms with van der Waals surface area (Å²) in [6.07, 6.45) is -1.60. The van der Waals surface area contributed by atoms with E-state index in [1.54, 1.807) is 54.6 Å². The van der Waals surface area contributed by atoms with Crippen molar-refractivity contribution in [2.45, 2.75) is 12.2 Å². The number of amides is 2. The number of para-hydroxylation sites is 2. The van der Waals surface area contributed by atoms with E-state index in [4.69, 9.17) is 17.3 Å². The van der Waals surface area contributed by atoms with Gasteiger partial charge in [-0.3, -0.25) is 9.59 Å². The summed E-state index contributed by atoms with van der Waals surface area (Å²) in [5.41, 5.74) is 7.31. The van der Waals surface area contributed by atoms with Gasteiger partial charge in [-0.25, -0.2) is 0 Å². The average Bonchev–Trinajstić information content (AvgIpc) is 2.86. The Morgan fingerprint density at radius 3 is 2.33 bits per heavy atom. The van der Waals surface area contributed by atoms with Gasteiger partial charge < -0.3 is 26.6 Å². The molecule has 5 N–H and O–H groups in total. The van der Waals surface area contributed by atoms with Crippen LogP contribution in [0, 0.1) is 0 Å². The molecule has 206 valence electrons. The summed E-state index contributed by atoms with van der Waals surface area (Å²) in [5, 5.41) is 8.02. The van der Waals surface area contributed by atoms with E-state index in [0.29, 0.717) is 30.0 Å². The Bertz CT molecular complexity index is 1330. The molecule has 0 saturated heterocycles. The first-order chi connectivity index (χ1) is 18.4. The molecular formula is C28H29ClF3N5O2. The molecule has 0 bridgehead atoms. The van der Waals surface area contributed by atoms with Gasteiger partial charge in [-0.05, 0) is 61.6 Å². The monoisotopic (exact) mass is 559 g/mol. The Morgan fingerprint density at radius 1 is 1.03 bits per heavy atom. The third-order valence-corrected chi connectivity index (χ3v) is 5.94. The molecule has 0 aliphatic heterocycles. The van der Waals surface area contributed by atoms with E-state index in [0.717, 1.165) is 23.8 Å². The summed E-state index contributed by atoms with van der Waals surface area (Å²) in [7, 11) is 3.79. The van der Waals surface area contributed by atoms with E-state index < -0.39 is 28.7 Å². The van der Waals surface area contributed by atoms with Crippen molar-refractivity contribution in [1.82, 2.24) is 10.2 Å². The molecule has 0 heterocycles. The van der Waals surface area contributed by atoms with Crippen molar-refractivity contribution in [2.75, 3.05) is 43.6 Å². The van der Waals surface area contributed by atoms with E-state index in [1.165, 1.54) is 6.08 Å². The topological polar surface area (TPSA) is 99.5 Å². The zero-order chi connectivity index (χ0) is 28.6. The largest absolute Gasteiger partial charge is 0.417 e. The van der Waals surface area contributed by atoms with Crippen molar-refractivity contribution < 1.29 is 22.8 Å². The molecule has 0 aromatic heterocycles. The van der Waals surface area contributed by atoms with Crippen molar-refractivity contribution in [2.24, 2.45) is 0 Å². The molecule has 1 atom stereocenters. The molecule has 0 radical (unpaired) electrons. The number of halogens is 4. The van der Waals surface area contributed by atoms with Crippen LogP contribution in [0.4, 0.5) is 30.2 Å². The smallest absolute Gasteiger partial charge is 0.397 e. The standard InChI is InChI=1S/C28H29ClF3N5O2/c1-37(2)16-15-34-26(27(39)35-20-12-13-21(22(29)17-20)28(30,31)32)19-10-7-18(8-11-19)9-14-25(38)36-24-6-4-3-5-23(24)33/h3-14,17,26,34H,15-16,33H2,1-2H3,(H,35,39)(H,36,38). The van der Waals surface area contributed by atoms with Gasteiger partial charge in [0.1, 0.15) is 6.04 Å². The van der Waals surface area contributed by atoms with Crippen molar-refractivity contribution in [3.8, 4) is 0 Å². The summed E-state index contributed by atoms with van der Waals surface area (Å²) in [6, 6.07) is 16.1. The van der Waals surface area contributed by atoms with Gasteiger partial charge in [-0.15, -0.1) is 0 Å². The van der Waals surface area contributed by atoms with Gasteiger partial charge in [0.15, 0.2) is 0 Å². The van der Waals surface area contributed by atoms with Crippen LogP contribution >= 0.6 is 11.6 Å². The second kappa shape index (κ2) is 13.3. The highest BCUT2D eigenvalue weighted by atomic mass is 35.5. The molecule has 2 amide bonds. The maximum atomic E-state index is 13.2. The van der Waals surface area contributed by atoms with Gasteiger partial charge in [0.25, 0.3) is 0 Å². The number of rotatable bonds is 10. The molecule has 0 saturated carbocycles. The van der Waals surface area contributed by atoms with Crippen LogP contribution in [0.3, 0.4) is 0 Å². The Morgan fingerprint density at radius 2 is 1.72 bits per heavy atom. The molecule has 0 spiro atoms. The Balaban J connectivity index is 1.73. The minimum Gasteiger partial charge on any atom is -0.397 e. The lowest BCUT2D eigenvalue weighted by molar-refractivity contribution is -0.137. The van der Waals surface area contributed by atoms with Gasteiger partial charge in [0.05, 0.1) is 22.0 Å². The number of alkyl halides is 3. The van der Waals surface area contributed by atoms with Gasteiger partial charge >= 0.3 is 6.18 Å². The normalized spacial score (nSPS) is 12.5.